The molecule has 1 aliphatic rings. The third-order valence-corrected chi connectivity index (χ3v) is 6.95. The van der Waals surface area contributed by atoms with Crippen LogP contribution in [-0.2, 0) is 14.3 Å². The number of aromatic nitrogens is 1. The number of benzene rings is 2. The molecule has 12 heteroatoms. The fourth-order valence-electron chi connectivity index (χ4n) is 4.23. The van der Waals surface area contributed by atoms with Gasteiger partial charge in [-0.15, -0.1) is 0 Å². The van der Waals surface area contributed by atoms with Gasteiger partial charge >= 0.3 is 11.9 Å². The highest BCUT2D eigenvalue weighted by Crippen LogP contribution is 2.36. The molecule has 4 rings (SSSR count). The van der Waals surface area contributed by atoms with Crippen molar-refractivity contribution in [1.29, 1.82) is 0 Å². The van der Waals surface area contributed by atoms with Gasteiger partial charge in [0.05, 0.1) is 46.0 Å². The number of nitro groups is 1. The summed E-state index contributed by atoms with van der Waals surface area (Å²) < 4.78 is 17.8. The SMILES string of the molecule is COc1cc([C@@H]2C(C(=O)OCC(C)C)=C(C)N=c3s/c(=C/c4ccccc4[N+](=O)[O-])c(=O)n32)ccc1OC(C)=O. The molecule has 1 aromatic heterocycles. The number of hydrogen-bond acceptors (Lipinski definition) is 10. The zero-order valence-electron chi connectivity index (χ0n) is 22.5. The molecule has 40 heavy (non-hydrogen) atoms. The summed E-state index contributed by atoms with van der Waals surface area (Å²) in [5, 5.41) is 11.5. The fourth-order valence-corrected chi connectivity index (χ4v) is 5.27. The van der Waals surface area contributed by atoms with E-state index in [9.17, 15) is 24.5 Å². The van der Waals surface area contributed by atoms with Gasteiger partial charge in [0.15, 0.2) is 16.3 Å². The number of hydrogen-bond donors (Lipinski definition) is 0. The van der Waals surface area contributed by atoms with Crippen LogP contribution in [0, 0.1) is 16.0 Å². The van der Waals surface area contributed by atoms with Gasteiger partial charge in [-0.1, -0.05) is 43.4 Å². The van der Waals surface area contributed by atoms with Crippen LogP contribution in [0.4, 0.5) is 5.69 Å². The first-order valence-corrected chi connectivity index (χ1v) is 13.1. The van der Waals surface area contributed by atoms with E-state index in [1.54, 1.807) is 37.3 Å². The van der Waals surface area contributed by atoms with Crippen LogP contribution in [-0.4, -0.2) is 35.1 Å². The third kappa shape index (κ3) is 5.71. The second-order valence-corrected chi connectivity index (χ2v) is 10.4. The summed E-state index contributed by atoms with van der Waals surface area (Å²) in [6.45, 7) is 6.89. The molecule has 0 amide bonds. The maximum atomic E-state index is 13.8. The molecule has 3 aromatic rings. The van der Waals surface area contributed by atoms with Crippen LogP contribution >= 0.6 is 11.3 Å². The summed E-state index contributed by atoms with van der Waals surface area (Å²) >= 11 is 1.05. The molecule has 0 bridgehead atoms. The molecule has 0 unspecified atom stereocenters. The molecule has 2 heterocycles. The van der Waals surface area contributed by atoms with Crippen LogP contribution < -0.4 is 24.4 Å². The molecule has 0 N–H and O–H groups in total. The minimum Gasteiger partial charge on any atom is -0.493 e. The zero-order chi connectivity index (χ0) is 29.1. The Morgan fingerprint density at radius 3 is 2.58 bits per heavy atom. The van der Waals surface area contributed by atoms with Crippen molar-refractivity contribution in [1.82, 2.24) is 4.57 Å². The summed E-state index contributed by atoms with van der Waals surface area (Å²) in [6, 6.07) is 9.86. The summed E-state index contributed by atoms with van der Waals surface area (Å²) in [5.74, 6) is -0.695. The van der Waals surface area contributed by atoms with Crippen LogP contribution in [0.25, 0.3) is 6.08 Å². The minimum absolute atomic E-state index is 0.0780. The quantitative estimate of drug-likeness (QED) is 0.176. The number of fused-ring (bicyclic) bond motifs is 1. The lowest BCUT2D eigenvalue weighted by atomic mass is 9.95. The van der Waals surface area contributed by atoms with E-state index in [0.717, 1.165) is 11.3 Å². The molecule has 1 aliphatic heterocycles. The topological polar surface area (TPSA) is 139 Å². The fraction of sp³-hybridized carbons (Fsp3) is 0.286. The standard InChI is InChI=1S/C28H27N3O8S/c1-15(2)14-38-27(34)24-16(3)29-28-30(25(24)19-10-11-21(39-17(4)32)22(12-19)37-5)26(33)23(40-28)13-18-8-6-7-9-20(18)31(35)36/h6-13,15,25H,14H2,1-5H3/b23-13+/t25-/m1/s1. The lowest BCUT2D eigenvalue weighted by molar-refractivity contribution is -0.385. The van der Waals surface area contributed by atoms with E-state index in [1.807, 2.05) is 13.8 Å². The average Bonchev–Trinajstić information content (AvgIpc) is 3.20. The van der Waals surface area contributed by atoms with Gasteiger partial charge in [-0.05, 0) is 42.7 Å². The molecular formula is C28H27N3O8S. The van der Waals surface area contributed by atoms with Gasteiger partial charge in [-0.2, -0.15) is 0 Å². The van der Waals surface area contributed by atoms with Crippen molar-refractivity contribution in [2.24, 2.45) is 10.9 Å². The smallest absolute Gasteiger partial charge is 0.338 e. The van der Waals surface area contributed by atoms with Crippen LogP contribution in [0.5, 0.6) is 11.5 Å². The van der Waals surface area contributed by atoms with Crippen molar-refractivity contribution in [3.63, 3.8) is 0 Å². The second-order valence-electron chi connectivity index (χ2n) is 9.39. The van der Waals surface area contributed by atoms with Crippen molar-refractivity contribution < 1.29 is 28.7 Å². The van der Waals surface area contributed by atoms with E-state index in [-0.39, 0.29) is 45.4 Å². The van der Waals surface area contributed by atoms with E-state index in [1.165, 1.54) is 36.8 Å². The molecule has 0 radical (unpaired) electrons. The Morgan fingerprint density at radius 2 is 1.93 bits per heavy atom. The maximum absolute atomic E-state index is 13.8. The predicted molar refractivity (Wildman–Crippen MR) is 147 cm³/mol. The number of rotatable bonds is 8. The van der Waals surface area contributed by atoms with E-state index < -0.39 is 28.5 Å². The molecule has 208 valence electrons. The summed E-state index contributed by atoms with van der Waals surface area (Å²) in [6.07, 6.45) is 1.44. The highest BCUT2D eigenvalue weighted by atomic mass is 32.1. The Bertz CT molecular complexity index is 1720. The molecule has 2 aromatic carbocycles. The number of methoxy groups -OCH3 is 1. The molecule has 0 fully saturated rings. The number of nitro benzene ring substituents is 1. The second kappa shape index (κ2) is 11.7. The summed E-state index contributed by atoms with van der Waals surface area (Å²) in [7, 11) is 1.41. The van der Waals surface area contributed by atoms with Crippen molar-refractivity contribution in [3.05, 3.63) is 94.7 Å². The van der Waals surface area contributed by atoms with Crippen molar-refractivity contribution in [2.75, 3.05) is 13.7 Å². The van der Waals surface area contributed by atoms with Gasteiger partial charge < -0.3 is 14.2 Å². The van der Waals surface area contributed by atoms with E-state index in [2.05, 4.69) is 4.99 Å². The van der Waals surface area contributed by atoms with Gasteiger partial charge in [-0.3, -0.25) is 24.3 Å². The van der Waals surface area contributed by atoms with Crippen LogP contribution in [0.1, 0.15) is 44.9 Å². The van der Waals surface area contributed by atoms with Gasteiger partial charge in [-0.25, -0.2) is 9.79 Å². The number of thiazole rings is 1. The van der Waals surface area contributed by atoms with Crippen molar-refractivity contribution in [3.8, 4) is 11.5 Å². The Hall–Kier alpha value is -4.58. The first-order chi connectivity index (χ1) is 19.0. The lowest BCUT2D eigenvalue weighted by Crippen LogP contribution is -2.40. The highest BCUT2D eigenvalue weighted by molar-refractivity contribution is 7.07. The zero-order valence-corrected chi connectivity index (χ0v) is 23.3. The molecule has 1 atom stereocenters. The molecule has 0 aliphatic carbocycles. The third-order valence-electron chi connectivity index (χ3n) is 5.97. The molecule has 0 saturated carbocycles. The van der Waals surface area contributed by atoms with Gasteiger partial charge in [0.1, 0.15) is 0 Å². The first-order valence-electron chi connectivity index (χ1n) is 12.3. The average molecular weight is 566 g/mol. The monoisotopic (exact) mass is 565 g/mol. The lowest BCUT2D eigenvalue weighted by Gasteiger charge is -2.25. The van der Waals surface area contributed by atoms with Crippen LogP contribution in [0.3, 0.4) is 0 Å². The number of para-hydroxylation sites is 1. The van der Waals surface area contributed by atoms with Crippen LogP contribution in [0.15, 0.2) is 63.5 Å². The highest BCUT2D eigenvalue weighted by Gasteiger charge is 2.34. The largest absolute Gasteiger partial charge is 0.493 e. The number of esters is 2. The van der Waals surface area contributed by atoms with E-state index in [4.69, 9.17) is 14.2 Å². The number of nitrogens with zero attached hydrogens (tertiary/aromatic N) is 3. The Labute approximate surface area is 232 Å². The van der Waals surface area contributed by atoms with Crippen LogP contribution in [0.2, 0.25) is 0 Å². The van der Waals surface area contributed by atoms with Gasteiger partial charge in [0.2, 0.25) is 0 Å². The molecule has 11 nitrogen and oxygen atoms in total. The Kier molecular flexibility index (Phi) is 8.29. The number of carbonyl (C=O) groups excluding carboxylic acids is 2. The predicted octanol–water partition coefficient (Wildman–Crippen LogP) is 3.28. The molecular weight excluding hydrogens is 538 g/mol. The summed E-state index contributed by atoms with van der Waals surface area (Å²) in [5.41, 5.74) is 0.625. The summed E-state index contributed by atoms with van der Waals surface area (Å²) in [4.78, 5) is 54.6. The molecule has 0 saturated heterocycles. The molecule has 0 spiro atoms. The van der Waals surface area contributed by atoms with Gasteiger partial charge in [0.25, 0.3) is 11.2 Å². The number of allylic oxidation sites excluding steroid dienone is 1. The first kappa shape index (κ1) is 28.4. The minimum atomic E-state index is -0.955. The number of carbonyl (C=O) groups is 2. The van der Waals surface area contributed by atoms with Crippen molar-refractivity contribution >= 4 is 35.0 Å². The Morgan fingerprint density at radius 1 is 1.20 bits per heavy atom. The maximum Gasteiger partial charge on any atom is 0.338 e. The van der Waals surface area contributed by atoms with Gasteiger partial charge in [0, 0.05) is 13.0 Å². The normalized spacial score (nSPS) is 14.9. The number of ether oxygens (including phenoxy) is 3. The van der Waals surface area contributed by atoms with Crippen molar-refractivity contribution in [2.45, 2.75) is 33.7 Å². The van der Waals surface area contributed by atoms with E-state index >= 15 is 0 Å². The van der Waals surface area contributed by atoms with E-state index in [0.29, 0.717) is 16.1 Å². The Balaban J connectivity index is 1.95.